The third-order valence-electron chi connectivity index (χ3n) is 2.50. The van der Waals surface area contributed by atoms with Crippen LogP contribution in [0.15, 0.2) is 19.6 Å². The number of carboxylic acid groups (broad SMARTS) is 1. The summed E-state index contributed by atoms with van der Waals surface area (Å²) in [5, 5.41) is 8.88. The van der Waals surface area contributed by atoms with Crippen LogP contribution < -0.4 is 0 Å². The van der Waals surface area contributed by atoms with E-state index in [4.69, 9.17) is 14.3 Å². The fourth-order valence-electron chi connectivity index (χ4n) is 1.69. The summed E-state index contributed by atoms with van der Waals surface area (Å²) < 4.78 is 12.1. The number of carboxylic acids is 1. The average Bonchev–Trinajstić information content (AvgIpc) is 2.58. The fourth-order valence-corrected chi connectivity index (χ4v) is 2.34. The lowest BCUT2D eigenvalue weighted by Crippen LogP contribution is -2.45. The molecule has 1 aromatic heterocycles. The fraction of sp³-hybridized carbons (Fsp3) is 0.500. The van der Waals surface area contributed by atoms with Crippen LogP contribution in [0.3, 0.4) is 0 Å². The smallest absolute Gasteiger partial charge is 0.334 e. The minimum atomic E-state index is -0.920. The molecule has 0 saturated carbocycles. The topological polar surface area (TPSA) is 62.9 Å². The first-order chi connectivity index (χ1) is 8.06. The highest BCUT2D eigenvalue weighted by molar-refractivity contribution is 9.13. The summed E-state index contributed by atoms with van der Waals surface area (Å²) >= 11 is 6.60. The first-order valence-electron chi connectivity index (χ1n) is 5.06. The number of halogens is 2. The van der Waals surface area contributed by atoms with Gasteiger partial charge in [-0.3, -0.25) is 4.90 Å². The van der Waals surface area contributed by atoms with Crippen LogP contribution in [0.5, 0.6) is 0 Å². The van der Waals surface area contributed by atoms with Crippen LogP contribution in [0, 0.1) is 0 Å². The number of hydrogen-bond donors (Lipinski definition) is 1. The molecule has 0 aliphatic carbocycles. The number of carbonyl (C=O) groups is 1. The van der Waals surface area contributed by atoms with E-state index in [0.29, 0.717) is 30.9 Å². The molecule has 1 N–H and O–H groups in total. The van der Waals surface area contributed by atoms with Crippen molar-refractivity contribution in [3.63, 3.8) is 0 Å². The number of hydrogen-bond acceptors (Lipinski definition) is 4. The van der Waals surface area contributed by atoms with E-state index >= 15 is 0 Å². The van der Waals surface area contributed by atoms with Gasteiger partial charge in [0.1, 0.15) is 5.76 Å². The highest BCUT2D eigenvalue weighted by Gasteiger charge is 2.26. The molecule has 2 rings (SSSR count). The molecule has 1 aliphatic rings. The van der Waals surface area contributed by atoms with Gasteiger partial charge in [0.15, 0.2) is 10.8 Å². The predicted molar refractivity (Wildman–Crippen MR) is 66.8 cm³/mol. The zero-order valence-corrected chi connectivity index (χ0v) is 12.0. The second-order valence-corrected chi connectivity index (χ2v) is 5.34. The Labute approximate surface area is 115 Å². The SMILES string of the molecule is O=C(O)C1CN(Cc2cc(Br)c(Br)o2)CCO1. The van der Waals surface area contributed by atoms with Crippen molar-refractivity contribution in [3.8, 4) is 0 Å². The zero-order valence-electron chi connectivity index (χ0n) is 8.86. The Kier molecular flexibility index (Phi) is 4.24. The summed E-state index contributed by atoms with van der Waals surface area (Å²) in [5.41, 5.74) is 0. The van der Waals surface area contributed by atoms with Gasteiger partial charge in [-0.2, -0.15) is 0 Å². The highest BCUT2D eigenvalue weighted by Crippen LogP contribution is 2.27. The van der Waals surface area contributed by atoms with Gasteiger partial charge in [-0.25, -0.2) is 4.79 Å². The van der Waals surface area contributed by atoms with E-state index in [0.717, 1.165) is 10.2 Å². The molecule has 1 atom stereocenters. The van der Waals surface area contributed by atoms with Crippen LogP contribution >= 0.6 is 31.9 Å². The molecule has 0 spiro atoms. The van der Waals surface area contributed by atoms with Crippen molar-refractivity contribution in [1.82, 2.24) is 4.90 Å². The standard InChI is InChI=1S/C10H11Br2NO4/c11-7-3-6(17-9(7)12)4-13-1-2-16-8(5-13)10(14)15/h3,8H,1-2,4-5H2,(H,14,15). The van der Waals surface area contributed by atoms with Crippen LogP contribution in [0.2, 0.25) is 0 Å². The molecule has 17 heavy (non-hydrogen) atoms. The van der Waals surface area contributed by atoms with Gasteiger partial charge in [0.2, 0.25) is 0 Å². The molecule has 1 aliphatic heterocycles. The Bertz CT molecular complexity index is 401. The maximum Gasteiger partial charge on any atom is 0.334 e. The minimum Gasteiger partial charge on any atom is -0.479 e. The molecular weight excluding hydrogens is 358 g/mol. The monoisotopic (exact) mass is 367 g/mol. The van der Waals surface area contributed by atoms with Crippen molar-refractivity contribution in [2.45, 2.75) is 12.6 Å². The van der Waals surface area contributed by atoms with E-state index < -0.39 is 12.1 Å². The third kappa shape index (κ3) is 3.31. The molecule has 94 valence electrons. The van der Waals surface area contributed by atoms with Gasteiger partial charge in [-0.1, -0.05) is 0 Å². The van der Waals surface area contributed by atoms with Crippen molar-refractivity contribution >= 4 is 37.8 Å². The molecule has 0 bridgehead atoms. The Morgan fingerprint density at radius 2 is 2.35 bits per heavy atom. The second-order valence-electron chi connectivity index (χ2n) is 3.77. The molecule has 1 saturated heterocycles. The number of furan rings is 1. The lowest BCUT2D eigenvalue weighted by molar-refractivity contribution is -0.156. The predicted octanol–water partition coefficient (Wildman–Crippen LogP) is 2.09. The van der Waals surface area contributed by atoms with Gasteiger partial charge in [-0.15, -0.1) is 0 Å². The second kappa shape index (κ2) is 5.51. The first kappa shape index (κ1) is 13.1. The van der Waals surface area contributed by atoms with Gasteiger partial charge < -0.3 is 14.3 Å². The van der Waals surface area contributed by atoms with Crippen molar-refractivity contribution in [2.24, 2.45) is 0 Å². The van der Waals surface area contributed by atoms with Gasteiger partial charge in [0.25, 0.3) is 0 Å². The minimum absolute atomic E-state index is 0.380. The zero-order chi connectivity index (χ0) is 12.4. The Morgan fingerprint density at radius 3 is 2.94 bits per heavy atom. The number of aliphatic carboxylic acids is 1. The van der Waals surface area contributed by atoms with Gasteiger partial charge >= 0.3 is 5.97 Å². The van der Waals surface area contributed by atoms with Crippen LogP contribution in [-0.4, -0.2) is 41.8 Å². The number of rotatable bonds is 3. The molecule has 1 unspecified atom stereocenters. The molecule has 0 radical (unpaired) electrons. The summed E-state index contributed by atoms with van der Waals surface area (Å²) in [7, 11) is 0. The van der Waals surface area contributed by atoms with Crippen LogP contribution in [0.25, 0.3) is 0 Å². The van der Waals surface area contributed by atoms with E-state index in [-0.39, 0.29) is 0 Å². The summed E-state index contributed by atoms with van der Waals surface area (Å²) in [6.07, 6.45) is -0.745. The summed E-state index contributed by atoms with van der Waals surface area (Å²) in [6, 6.07) is 1.87. The Balaban J connectivity index is 1.96. The number of morpholine rings is 1. The number of ether oxygens (including phenoxy) is 1. The van der Waals surface area contributed by atoms with Gasteiger partial charge in [0.05, 0.1) is 17.6 Å². The molecule has 1 aromatic rings. The lowest BCUT2D eigenvalue weighted by atomic mass is 10.2. The Hall–Kier alpha value is -0.370. The molecule has 2 heterocycles. The molecule has 7 heteroatoms. The molecule has 0 amide bonds. The number of nitrogens with zero attached hydrogens (tertiary/aromatic N) is 1. The van der Waals surface area contributed by atoms with E-state index in [9.17, 15) is 4.79 Å². The van der Waals surface area contributed by atoms with E-state index in [1.807, 2.05) is 11.0 Å². The van der Waals surface area contributed by atoms with Crippen LogP contribution in [0.4, 0.5) is 0 Å². The lowest BCUT2D eigenvalue weighted by Gasteiger charge is -2.29. The van der Waals surface area contributed by atoms with E-state index in [1.54, 1.807) is 0 Å². The first-order valence-corrected chi connectivity index (χ1v) is 6.65. The summed E-state index contributed by atoms with van der Waals surface area (Å²) in [6.45, 7) is 2.10. The molecular formula is C10H11Br2NO4. The van der Waals surface area contributed by atoms with Crippen LogP contribution in [-0.2, 0) is 16.1 Å². The third-order valence-corrected chi connectivity index (χ3v) is 4.21. The molecule has 1 fully saturated rings. The van der Waals surface area contributed by atoms with Gasteiger partial charge in [0, 0.05) is 13.1 Å². The van der Waals surface area contributed by atoms with E-state index in [2.05, 4.69) is 31.9 Å². The van der Waals surface area contributed by atoms with Crippen LogP contribution in [0.1, 0.15) is 5.76 Å². The highest BCUT2D eigenvalue weighted by atomic mass is 79.9. The molecule has 5 nitrogen and oxygen atoms in total. The quantitative estimate of drug-likeness (QED) is 0.885. The van der Waals surface area contributed by atoms with Crippen molar-refractivity contribution in [1.29, 1.82) is 0 Å². The van der Waals surface area contributed by atoms with Crippen molar-refractivity contribution in [3.05, 3.63) is 21.0 Å². The molecule has 0 aromatic carbocycles. The van der Waals surface area contributed by atoms with E-state index in [1.165, 1.54) is 0 Å². The largest absolute Gasteiger partial charge is 0.479 e. The van der Waals surface area contributed by atoms with Gasteiger partial charge in [-0.05, 0) is 37.9 Å². The maximum absolute atomic E-state index is 10.8. The van der Waals surface area contributed by atoms with Crippen molar-refractivity contribution < 1.29 is 19.1 Å². The van der Waals surface area contributed by atoms with Crippen molar-refractivity contribution in [2.75, 3.05) is 19.7 Å². The Morgan fingerprint density at radius 1 is 1.59 bits per heavy atom. The summed E-state index contributed by atoms with van der Waals surface area (Å²) in [5.74, 6) is -0.133. The average molecular weight is 369 g/mol. The summed E-state index contributed by atoms with van der Waals surface area (Å²) in [4.78, 5) is 12.8. The maximum atomic E-state index is 10.8. The normalized spacial score (nSPS) is 21.6.